The zero-order valence-electron chi connectivity index (χ0n) is 12.3. The average Bonchev–Trinajstić information content (AvgIpc) is 2.72. The summed E-state index contributed by atoms with van der Waals surface area (Å²) in [7, 11) is -4.78. The summed E-state index contributed by atoms with van der Waals surface area (Å²) in [5.41, 5.74) is -0.867. The van der Waals surface area contributed by atoms with Crippen molar-refractivity contribution in [2.75, 3.05) is 11.9 Å². The van der Waals surface area contributed by atoms with Crippen molar-refractivity contribution in [1.82, 2.24) is 9.55 Å². The van der Waals surface area contributed by atoms with Crippen LogP contribution in [0, 0.1) is 0 Å². The molecular weight excluding hydrogens is 372 g/mol. The van der Waals surface area contributed by atoms with E-state index < -0.39 is 50.6 Å². The molecular formula is C11H17N3NaO9P. The Morgan fingerprint density at radius 3 is 2.60 bits per heavy atom. The number of aromatic nitrogens is 2. The number of amides is 1. The summed E-state index contributed by atoms with van der Waals surface area (Å²) in [5.74, 6) is -0.431. The van der Waals surface area contributed by atoms with Gasteiger partial charge in [-0.1, -0.05) is 0 Å². The molecule has 0 unspecified atom stereocenters. The van der Waals surface area contributed by atoms with Crippen LogP contribution in [0.25, 0.3) is 0 Å². The molecule has 5 N–H and O–H groups in total. The fourth-order valence-corrected chi connectivity index (χ4v) is 2.46. The van der Waals surface area contributed by atoms with Crippen LogP contribution >= 0.6 is 7.82 Å². The zero-order valence-corrected chi connectivity index (χ0v) is 13.2. The number of hydrogen-bond acceptors (Lipinski definition) is 8. The number of nitrogens with zero attached hydrogens (tertiary/aromatic N) is 2. The second-order valence-corrected chi connectivity index (χ2v) is 6.26. The van der Waals surface area contributed by atoms with E-state index in [1.54, 1.807) is 0 Å². The fourth-order valence-electron chi connectivity index (χ4n) is 2.12. The van der Waals surface area contributed by atoms with Crippen molar-refractivity contribution in [1.29, 1.82) is 0 Å². The predicted molar refractivity (Wildman–Crippen MR) is 83.9 cm³/mol. The van der Waals surface area contributed by atoms with E-state index in [0.29, 0.717) is 0 Å². The first-order chi connectivity index (χ1) is 11.1. The van der Waals surface area contributed by atoms with Crippen molar-refractivity contribution in [2.45, 2.75) is 31.5 Å². The molecule has 12 nitrogen and oxygen atoms in total. The van der Waals surface area contributed by atoms with Gasteiger partial charge in [-0.25, -0.2) is 9.36 Å². The van der Waals surface area contributed by atoms with E-state index in [1.165, 1.54) is 19.2 Å². The van der Waals surface area contributed by atoms with Gasteiger partial charge in [0.2, 0.25) is 5.91 Å². The van der Waals surface area contributed by atoms with Crippen LogP contribution in [-0.4, -0.2) is 89.9 Å². The maximum atomic E-state index is 12.0. The Morgan fingerprint density at radius 1 is 1.44 bits per heavy atom. The molecule has 0 spiro atoms. The summed E-state index contributed by atoms with van der Waals surface area (Å²) < 4.78 is 21.0. The number of rotatable bonds is 5. The summed E-state index contributed by atoms with van der Waals surface area (Å²) in [5, 5.41) is 22.1. The van der Waals surface area contributed by atoms with E-state index in [-0.39, 0.29) is 35.4 Å². The number of carbonyl (C=O) groups is 1. The Balaban J connectivity index is 0.00000312. The summed E-state index contributed by atoms with van der Waals surface area (Å²) in [6, 6.07) is 1.28. The second kappa shape index (κ2) is 8.82. The molecule has 0 aromatic carbocycles. The van der Waals surface area contributed by atoms with Gasteiger partial charge in [-0.2, -0.15) is 4.98 Å². The van der Waals surface area contributed by atoms with Crippen LogP contribution in [0.5, 0.6) is 0 Å². The minimum atomic E-state index is -4.78. The molecule has 25 heavy (non-hydrogen) atoms. The molecule has 2 heterocycles. The maximum absolute atomic E-state index is 12.0. The van der Waals surface area contributed by atoms with Gasteiger partial charge in [0.05, 0.1) is 6.61 Å². The number of aliphatic hydroxyl groups excluding tert-OH is 2. The Bertz CT molecular complexity index is 723. The third-order valence-corrected chi connectivity index (χ3v) is 3.64. The number of carbonyl (C=O) groups excluding carboxylic acids is 1. The molecule has 1 aliphatic heterocycles. The summed E-state index contributed by atoms with van der Waals surface area (Å²) >= 11 is 0. The molecule has 1 aromatic rings. The number of hydrogen-bond donors (Lipinski definition) is 5. The monoisotopic (exact) mass is 389 g/mol. The molecule has 1 aromatic heterocycles. The number of ether oxygens (including phenoxy) is 1. The quantitative estimate of drug-likeness (QED) is 0.262. The molecule has 0 bridgehead atoms. The van der Waals surface area contributed by atoms with Gasteiger partial charge in [0.25, 0.3) is 0 Å². The van der Waals surface area contributed by atoms with Crippen LogP contribution in [0.15, 0.2) is 17.1 Å². The number of phosphoric acid groups is 1. The van der Waals surface area contributed by atoms with Gasteiger partial charge in [0, 0.05) is 13.1 Å². The van der Waals surface area contributed by atoms with Crippen molar-refractivity contribution in [3.63, 3.8) is 0 Å². The van der Waals surface area contributed by atoms with Crippen LogP contribution in [0.4, 0.5) is 5.82 Å². The molecule has 0 aliphatic carbocycles. The predicted octanol–water partition coefficient (Wildman–Crippen LogP) is -2.72. The molecule has 0 radical (unpaired) electrons. The number of anilines is 1. The van der Waals surface area contributed by atoms with Gasteiger partial charge >= 0.3 is 43.1 Å². The van der Waals surface area contributed by atoms with E-state index in [0.717, 1.165) is 4.57 Å². The summed E-state index contributed by atoms with van der Waals surface area (Å²) in [6.45, 7) is 0.546. The summed E-state index contributed by atoms with van der Waals surface area (Å²) in [6.07, 6.45) is -4.51. The molecule has 14 heteroatoms. The van der Waals surface area contributed by atoms with E-state index in [1.807, 2.05) is 0 Å². The van der Waals surface area contributed by atoms with Crippen LogP contribution in [0.3, 0.4) is 0 Å². The van der Waals surface area contributed by atoms with Crippen LogP contribution in [0.2, 0.25) is 0 Å². The van der Waals surface area contributed by atoms with Gasteiger partial charge < -0.3 is 30.1 Å². The fraction of sp³-hybridized carbons (Fsp3) is 0.545. The summed E-state index contributed by atoms with van der Waals surface area (Å²) in [4.78, 5) is 43.8. The average molecular weight is 389 g/mol. The van der Waals surface area contributed by atoms with E-state index in [9.17, 15) is 24.4 Å². The molecule has 2 rings (SSSR count). The van der Waals surface area contributed by atoms with E-state index in [2.05, 4.69) is 14.8 Å². The molecule has 1 aliphatic rings. The number of phosphoric ester groups is 1. The van der Waals surface area contributed by atoms with Crippen molar-refractivity contribution in [3.05, 3.63) is 22.7 Å². The Morgan fingerprint density at radius 2 is 2.08 bits per heavy atom. The molecule has 1 amide bonds. The van der Waals surface area contributed by atoms with Gasteiger partial charge in [-0.3, -0.25) is 13.9 Å². The van der Waals surface area contributed by atoms with Crippen molar-refractivity contribution < 1.29 is 38.6 Å². The third kappa shape index (κ3) is 5.93. The molecule has 4 atom stereocenters. The Labute approximate surface area is 163 Å². The molecule has 1 saturated heterocycles. The minimum absolute atomic E-state index is 0. The van der Waals surface area contributed by atoms with E-state index >= 15 is 0 Å². The first kappa shape index (κ1) is 22.4. The third-order valence-electron chi connectivity index (χ3n) is 3.15. The first-order valence-electron chi connectivity index (χ1n) is 6.67. The number of nitrogens with one attached hydrogen (secondary N) is 1. The second-order valence-electron chi connectivity index (χ2n) is 5.02. The Kier molecular flexibility index (Phi) is 7.90. The van der Waals surface area contributed by atoms with Crippen LogP contribution in [-0.2, 0) is 18.6 Å². The van der Waals surface area contributed by atoms with Gasteiger partial charge in [-0.15, -0.1) is 0 Å². The SMILES string of the molecule is CC(=O)Nc1ccn([C@@H]2O[C@H](COP(=O)(O)O)[C@@H](O)[C@H]2O)c(=O)n1.[NaH]. The number of aliphatic hydroxyl groups is 2. The molecule has 136 valence electrons. The van der Waals surface area contributed by atoms with Gasteiger partial charge in [0.1, 0.15) is 24.1 Å². The standard InChI is InChI=1S/C11H16N3O9P.Na.H/c1-5(15)12-7-2-3-14(11(18)13-7)10-9(17)8(16)6(23-10)4-22-24(19,20)21;;/h2-3,6,8-10,16-17H,4H2,1H3,(H2,19,20,21)(H,12,13,15,18);;/t6-,8-,9-,10-;;/m1../s1. The van der Waals surface area contributed by atoms with Gasteiger partial charge in [0.15, 0.2) is 6.23 Å². The molecule has 0 saturated carbocycles. The Hall–Kier alpha value is -0.660. The van der Waals surface area contributed by atoms with Crippen molar-refractivity contribution in [3.8, 4) is 0 Å². The van der Waals surface area contributed by atoms with Crippen molar-refractivity contribution >= 4 is 49.1 Å². The van der Waals surface area contributed by atoms with Crippen LogP contribution < -0.4 is 11.0 Å². The van der Waals surface area contributed by atoms with Gasteiger partial charge in [-0.05, 0) is 6.07 Å². The zero-order chi connectivity index (χ0) is 18.1. The van der Waals surface area contributed by atoms with E-state index in [4.69, 9.17) is 14.5 Å². The van der Waals surface area contributed by atoms with Crippen molar-refractivity contribution in [2.24, 2.45) is 0 Å². The normalized spacial score (nSPS) is 26.1. The first-order valence-corrected chi connectivity index (χ1v) is 8.20. The van der Waals surface area contributed by atoms with Crippen LogP contribution in [0.1, 0.15) is 13.2 Å². The molecule has 1 fully saturated rings. The topological polar surface area (TPSA) is 180 Å².